The van der Waals surface area contributed by atoms with Crippen LogP contribution in [0.3, 0.4) is 0 Å². The Bertz CT molecular complexity index is 762. The van der Waals surface area contributed by atoms with Crippen molar-refractivity contribution in [1.29, 1.82) is 0 Å². The maximum absolute atomic E-state index is 5.75. The summed E-state index contributed by atoms with van der Waals surface area (Å²) < 4.78 is 11.2. The van der Waals surface area contributed by atoms with E-state index < -0.39 is 0 Å². The highest BCUT2D eigenvalue weighted by molar-refractivity contribution is 14.0. The van der Waals surface area contributed by atoms with Gasteiger partial charge in [0.25, 0.3) is 0 Å². The Morgan fingerprint density at radius 1 is 1.07 bits per heavy atom. The van der Waals surface area contributed by atoms with Gasteiger partial charge in [0, 0.05) is 32.4 Å². The van der Waals surface area contributed by atoms with Gasteiger partial charge in [-0.3, -0.25) is 4.99 Å². The number of guanidine groups is 1. The Balaban J connectivity index is 0.00000300. The number of anilines is 1. The summed E-state index contributed by atoms with van der Waals surface area (Å²) >= 11 is 0. The molecular weight excluding hydrogens is 479 g/mol. The van der Waals surface area contributed by atoms with Crippen LogP contribution in [0, 0.1) is 6.92 Å². The summed E-state index contributed by atoms with van der Waals surface area (Å²) in [5.74, 6) is 1.65. The Hall–Kier alpha value is -2.00. The zero-order valence-electron chi connectivity index (χ0n) is 17.2. The van der Waals surface area contributed by atoms with Crippen molar-refractivity contribution in [3.8, 4) is 5.75 Å². The van der Waals surface area contributed by atoms with E-state index in [1.54, 1.807) is 7.05 Å². The first-order valence-electron chi connectivity index (χ1n) is 9.81. The molecule has 6 nitrogen and oxygen atoms in total. The molecule has 1 heterocycles. The van der Waals surface area contributed by atoms with E-state index in [-0.39, 0.29) is 24.0 Å². The summed E-state index contributed by atoms with van der Waals surface area (Å²) in [7, 11) is 1.78. The number of hydrogen-bond donors (Lipinski definition) is 2. The first kappa shape index (κ1) is 23.3. The maximum atomic E-state index is 5.75. The smallest absolute Gasteiger partial charge is 0.191 e. The van der Waals surface area contributed by atoms with Crippen molar-refractivity contribution in [3.05, 3.63) is 59.7 Å². The molecular formula is C22H31IN4O2. The van der Waals surface area contributed by atoms with Gasteiger partial charge in [-0.1, -0.05) is 35.9 Å². The summed E-state index contributed by atoms with van der Waals surface area (Å²) in [5.41, 5.74) is 3.74. The first-order valence-corrected chi connectivity index (χ1v) is 9.81. The van der Waals surface area contributed by atoms with Gasteiger partial charge in [-0.15, -0.1) is 24.0 Å². The summed E-state index contributed by atoms with van der Waals surface area (Å²) in [6.07, 6.45) is 0. The van der Waals surface area contributed by atoms with Gasteiger partial charge in [-0.05, 0) is 30.7 Å². The molecule has 1 aliphatic heterocycles. The van der Waals surface area contributed by atoms with Gasteiger partial charge in [-0.2, -0.15) is 0 Å². The predicted molar refractivity (Wildman–Crippen MR) is 130 cm³/mol. The van der Waals surface area contributed by atoms with E-state index in [1.165, 1.54) is 16.8 Å². The van der Waals surface area contributed by atoms with Crippen LogP contribution in [-0.2, 0) is 11.3 Å². The van der Waals surface area contributed by atoms with Crippen molar-refractivity contribution in [2.75, 3.05) is 51.4 Å². The first-order chi connectivity index (χ1) is 13.8. The normalized spacial score (nSPS) is 14.1. The number of aliphatic imine (C=N–C) groups is 1. The van der Waals surface area contributed by atoms with Crippen LogP contribution >= 0.6 is 24.0 Å². The molecule has 0 aliphatic carbocycles. The highest BCUT2D eigenvalue weighted by atomic mass is 127. The Labute approximate surface area is 190 Å². The number of morpholine rings is 1. The van der Waals surface area contributed by atoms with Crippen LogP contribution in [0.4, 0.5) is 5.69 Å². The zero-order valence-corrected chi connectivity index (χ0v) is 19.5. The summed E-state index contributed by atoms with van der Waals surface area (Å²) in [6, 6.07) is 16.6. The summed E-state index contributed by atoms with van der Waals surface area (Å²) in [6.45, 7) is 7.47. The quantitative estimate of drug-likeness (QED) is 0.260. The number of para-hydroxylation sites is 1. The average Bonchev–Trinajstić information content (AvgIpc) is 2.75. The third-order valence-corrected chi connectivity index (χ3v) is 4.70. The number of halogens is 1. The van der Waals surface area contributed by atoms with Crippen LogP contribution in [-0.4, -0.2) is 52.5 Å². The Kier molecular flexibility index (Phi) is 10.1. The van der Waals surface area contributed by atoms with E-state index in [4.69, 9.17) is 9.47 Å². The van der Waals surface area contributed by atoms with E-state index in [0.717, 1.165) is 38.0 Å². The number of hydrogen-bond acceptors (Lipinski definition) is 4. The molecule has 158 valence electrons. The largest absolute Gasteiger partial charge is 0.492 e. The fourth-order valence-corrected chi connectivity index (χ4v) is 3.15. The fraction of sp³-hybridized carbons (Fsp3) is 0.409. The SMILES string of the molecule is CN=C(NCCOc1ccc(C)cc1)NCc1ccccc1N1CCOCC1.I. The number of nitrogens with one attached hydrogen (secondary N) is 2. The third-order valence-electron chi connectivity index (χ3n) is 4.70. The van der Waals surface area contributed by atoms with Gasteiger partial charge in [0.15, 0.2) is 5.96 Å². The van der Waals surface area contributed by atoms with E-state index >= 15 is 0 Å². The zero-order chi connectivity index (χ0) is 19.6. The number of aryl methyl sites for hydroxylation is 1. The molecule has 3 rings (SSSR count). The van der Waals surface area contributed by atoms with Gasteiger partial charge < -0.3 is 25.0 Å². The minimum atomic E-state index is 0. The number of rotatable bonds is 7. The van der Waals surface area contributed by atoms with E-state index in [0.29, 0.717) is 19.7 Å². The highest BCUT2D eigenvalue weighted by Gasteiger charge is 2.14. The van der Waals surface area contributed by atoms with Gasteiger partial charge in [0.05, 0.1) is 19.8 Å². The molecule has 0 atom stereocenters. The van der Waals surface area contributed by atoms with Crippen molar-refractivity contribution < 1.29 is 9.47 Å². The molecule has 0 unspecified atom stereocenters. The van der Waals surface area contributed by atoms with Gasteiger partial charge in [-0.25, -0.2) is 0 Å². The average molecular weight is 510 g/mol. The predicted octanol–water partition coefficient (Wildman–Crippen LogP) is 3.19. The van der Waals surface area contributed by atoms with Crippen LogP contribution in [0.15, 0.2) is 53.5 Å². The Morgan fingerprint density at radius 3 is 2.52 bits per heavy atom. The lowest BCUT2D eigenvalue weighted by Gasteiger charge is -2.30. The lowest BCUT2D eigenvalue weighted by molar-refractivity contribution is 0.122. The molecule has 0 amide bonds. The van der Waals surface area contributed by atoms with Crippen LogP contribution < -0.4 is 20.3 Å². The van der Waals surface area contributed by atoms with Crippen LogP contribution in [0.5, 0.6) is 5.75 Å². The number of ether oxygens (including phenoxy) is 2. The van der Waals surface area contributed by atoms with Gasteiger partial charge in [0.1, 0.15) is 12.4 Å². The standard InChI is InChI=1S/C22H30N4O2.HI/c1-18-7-9-20(10-8-18)28-14-11-24-22(23-2)25-17-19-5-3-4-6-21(19)26-12-15-27-16-13-26;/h3-10H,11-17H2,1-2H3,(H2,23,24,25);1H. The topological polar surface area (TPSA) is 58.1 Å². The van der Waals surface area contributed by atoms with Crippen molar-refractivity contribution in [2.45, 2.75) is 13.5 Å². The highest BCUT2D eigenvalue weighted by Crippen LogP contribution is 2.21. The van der Waals surface area contributed by atoms with Crippen LogP contribution in [0.25, 0.3) is 0 Å². The number of benzene rings is 2. The summed E-state index contributed by atoms with van der Waals surface area (Å²) in [4.78, 5) is 6.69. The molecule has 2 N–H and O–H groups in total. The molecule has 7 heteroatoms. The van der Waals surface area contributed by atoms with Crippen molar-refractivity contribution in [2.24, 2.45) is 4.99 Å². The molecule has 0 spiro atoms. The third kappa shape index (κ3) is 7.40. The monoisotopic (exact) mass is 510 g/mol. The van der Waals surface area contributed by atoms with E-state index in [2.05, 4.69) is 63.8 Å². The fourth-order valence-electron chi connectivity index (χ4n) is 3.15. The van der Waals surface area contributed by atoms with E-state index in [9.17, 15) is 0 Å². The van der Waals surface area contributed by atoms with Crippen molar-refractivity contribution >= 4 is 35.6 Å². The lowest BCUT2D eigenvalue weighted by Crippen LogP contribution is -2.40. The van der Waals surface area contributed by atoms with Gasteiger partial charge in [0.2, 0.25) is 0 Å². The van der Waals surface area contributed by atoms with E-state index in [1.807, 2.05) is 12.1 Å². The molecule has 0 radical (unpaired) electrons. The Morgan fingerprint density at radius 2 is 1.79 bits per heavy atom. The molecule has 0 aromatic heterocycles. The van der Waals surface area contributed by atoms with Crippen molar-refractivity contribution in [1.82, 2.24) is 10.6 Å². The lowest BCUT2D eigenvalue weighted by atomic mass is 10.1. The molecule has 1 aliphatic rings. The minimum Gasteiger partial charge on any atom is -0.492 e. The second kappa shape index (κ2) is 12.5. The minimum absolute atomic E-state index is 0. The molecule has 0 bridgehead atoms. The maximum Gasteiger partial charge on any atom is 0.191 e. The molecule has 1 saturated heterocycles. The van der Waals surface area contributed by atoms with Crippen molar-refractivity contribution in [3.63, 3.8) is 0 Å². The van der Waals surface area contributed by atoms with Crippen LogP contribution in [0.1, 0.15) is 11.1 Å². The molecule has 1 fully saturated rings. The molecule has 2 aromatic carbocycles. The molecule has 29 heavy (non-hydrogen) atoms. The molecule has 2 aromatic rings. The number of nitrogens with zero attached hydrogens (tertiary/aromatic N) is 2. The second-order valence-electron chi connectivity index (χ2n) is 6.74. The van der Waals surface area contributed by atoms with Crippen LogP contribution in [0.2, 0.25) is 0 Å². The van der Waals surface area contributed by atoms with Gasteiger partial charge >= 0.3 is 0 Å². The molecule has 0 saturated carbocycles. The second-order valence-corrected chi connectivity index (χ2v) is 6.74. The summed E-state index contributed by atoms with van der Waals surface area (Å²) in [5, 5.41) is 6.70.